The number of pyridine rings is 1. The lowest BCUT2D eigenvalue weighted by molar-refractivity contribution is -0.137. The van der Waals surface area contributed by atoms with E-state index in [1.165, 1.54) is 30.2 Å². The minimum absolute atomic E-state index is 0.0464. The maximum atomic E-state index is 13.4. The maximum absolute atomic E-state index is 13.4. The number of rotatable bonds is 3. The van der Waals surface area contributed by atoms with E-state index in [-0.39, 0.29) is 11.0 Å². The quantitative estimate of drug-likeness (QED) is 0.397. The highest BCUT2D eigenvalue weighted by Crippen LogP contribution is 2.37. The van der Waals surface area contributed by atoms with Crippen molar-refractivity contribution < 1.29 is 13.2 Å². The Morgan fingerprint density at radius 3 is 2.23 bits per heavy atom. The van der Waals surface area contributed by atoms with Gasteiger partial charge in [-0.3, -0.25) is 4.98 Å². The summed E-state index contributed by atoms with van der Waals surface area (Å²) in [5.41, 5.74) is 2.73. The molecule has 2 aromatic carbocycles. The molecule has 0 saturated carbocycles. The number of anilines is 2. The Morgan fingerprint density at radius 1 is 0.839 bits per heavy atom. The lowest BCUT2D eigenvalue weighted by Crippen LogP contribution is -2.10. The van der Waals surface area contributed by atoms with Crippen LogP contribution in [0, 0.1) is 0 Å². The summed E-state index contributed by atoms with van der Waals surface area (Å²) in [6.45, 7) is 6.43. The topological polar surface area (TPSA) is 50.7 Å². The van der Waals surface area contributed by atoms with Crippen LogP contribution >= 0.6 is 0 Å². The fraction of sp³-hybridized carbons (Fsp3) is 0.208. The van der Waals surface area contributed by atoms with Crippen molar-refractivity contribution in [3.8, 4) is 11.1 Å². The average molecular weight is 422 g/mol. The van der Waals surface area contributed by atoms with Crippen molar-refractivity contribution in [1.82, 2.24) is 15.0 Å². The molecule has 0 atom stereocenters. The molecule has 0 saturated heterocycles. The second-order valence-corrected chi connectivity index (χ2v) is 8.31. The number of hydrogen-bond donors (Lipinski definition) is 1. The van der Waals surface area contributed by atoms with Gasteiger partial charge < -0.3 is 5.32 Å². The summed E-state index contributed by atoms with van der Waals surface area (Å²) in [5, 5.41) is 3.23. The molecule has 0 spiro atoms. The number of nitrogens with one attached hydrogen (secondary N) is 1. The first-order valence-corrected chi connectivity index (χ1v) is 9.78. The molecule has 4 rings (SSSR count). The van der Waals surface area contributed by atoms with Crippen molar-refractivity contribution in [1.29, 1.82) is 0 Å². The Bertz CT molecular complexity index is 1230. The lowest BCUT2D eigenvalue weighted by Gasteiger charge is -2.19. The third kappa shape index (κ3) is 4.35. The van der Waals surface area contributed by atoms with Crippen LogP contribution in [0.4, 0.5) is 24.7 Å². The van der Waals surface area contributed by atoms with Gasteiger partial charge in [0.2, 0.25) is 0 Å². The zero-order chi connectivity index (χ0) is 22.2. The molecular formula is C24H21F3N4. The Labute approximate surface area is 178 Å². The van der Waals surface area contributed by atoms with Crippen LogP contribution in [0.15, 0.2) is 67.1 Å². The van der Waals surface area contributed by atoms with Crippen molar-refractivity contribution in [2.75, 3.05) is 5.32 Å². The number of aromatic nitrogens is 3. The van der Waals surface area contributed by atoms with Gasteiger partial charge in [0, 0.05) is 17.4 Å². The van der Waals surface area contributed by atoms with E-state index >= 15 is 0 Å². The lowest BCUT2D eigenvalue weighted by atomic mass is 9.87. The standard InChI is InChI=1S/C24H21F3N4/c1-23(2,3)16-8-10-17(11-9-16)31-22-21-20(29-14-30-22)12-15(13-28-21)18-6-4-5-7-19(18)24(25,26)27/h4-14H,1-3H3,(H,29,30,31). The zero-order valence-corrected chi connectivity index (χ0v) is 17.3. The smallest absolute Gasteiger partial charge is 0.338 e. The second kappa shape index (κ2) is 7.65. The Morgan fingerprint density at radius 2 is 1.55 bits per heavy atom. The summed E-state index contributed by atoms with van der Waals surface area (Å²) in [6.07, 6.45) is -1.66. The van der Waals surface area contributed by atoms with Crippen LogP contribution in [0.25, 0.3) is 22.2 Å². The minimum atomic E-state index is -4.46. The minimum Gasteiger partial charge on any atom is -0.338 e. The van der Waals surface area contributed by atoms with Gasteiger partial charge in [0.25, 0.3) is 0 Å². The third-order valence-corrected chi connectivity index (χ3v) is 5.03. The largest absolute Gasteiger partial charge is 0.417 e. The van der Waals surface area contributed by atoms with Crippen molar-refractivity contribution in [3.05, 3.63) is 78.2 Å². The van der Waals surface area contributed by atoms with Crippen LogP contribution < -0.4 is 5.32 Å². The number of alkyl halides is 3. The van der Waals surface area contributed by atoms with E-state index in [0.717, 1.165) is 11.8 Å². The molecule has 7 heteroatoms. The summed E-state index contributed by atoms with van der Waals surface area (Å²) in [4.78, 5) is 12.9. The van der Waals surface area contributed by atoms with E-state index in [9.17, 15) is 13.2 Å². The van der Waals surface area contributed by atoms with Gasteiger partial charge in [-0.2, -0.15) is 13.2 Å². The van der Waals surface area contributed by atoms with Gasteiger partial charge in [0.15, 0.2) is 5.82 Å². The molecule has 0 bridgehead atoms. The highest BCUT2D eigenvalue weighted by atomic mass is 19.4. The first kappa shape index (κ1) is 20.8. The van der Waals surface area contributed by atoms with E-state index in [1.54, 1.807) is 12.1 Å². The number of benzene rings is 2. The van der Waals surface area contributed by atoms with E-state index < -0.39 is 11.7 Å². The molecule has 2 aromatic heterocycles. The molecule has 0 unspecified atom stereocenters. The molecule has 1 N–H and O–H groups in total. The number of fused-ring (bicyclic) bond motifs is 1. The predicted molar refractivity (Wildman–Crippen MR) is 116 cm³/mol. The Balaban J connectivity index is 1.70. The molecule has 4 nitrogen and oxygen atoms in total. The van der Waals surface area contributed by atoms with Crippen molar-refractivity contribution in [3.63, 3.8) is 0 Å². The molecule has 0 fully saturated rings. The third-order valence-electron chi connectivity index (χ3n) is 5.03. The van der Waals surface area contributed by atoms with Gasteiger partial charge in [0.1, 0.15) is 11.8 Å². The van der Waals surface area contributed by atoms with Gasteiger partial charge >= 0.3 is 6.18 Å². The van der Waals surface area contributed by atoms with Gasteiger partial charge in [-0.1, -0.05) is 51.1 Å². The van der Waals surface area contributed by atoms with Gasteiger partial charge in [0.05, 0.1) is 11.1 Å². The number of halogens is 3. The van der Waals surface area contributed by atoms with E-state index in [1.807, 2.05) is 24.3 Å². The van der Waals surface area contributed by atoms with Gasteiger partial charge in [-0.05, 0) is 40.8 Å². The normalized spacial score (nSPS) is 12.2. The second-order valence-electron chi connectivity index (χ2n) is 8.31. The summed E-state index contributed by atoms with van der Waals surface area (Å²) in [6, 6.07) is 15.1. The van der Waals surface area contributed by atoms with Crippen molar-refractivity contribution >= 4 is 22.5 Å². The zero-order valence-electron chi connectivity index (χ0n) is 17.3. The molecule has 0 aliphatic heterocycles. The van der Waals surface area contributed by atoms with Crippen LogP contribution in [0.3, 0.4) is 0 Å². The van der Waals surface area contributed by atoms with Crippen LogP contribution in [-0.2, 0) is 11.6 Å². The number of hydrogen-bond acceptors (Lipinski definition) is 4. The first-order chi connectivity index (χ1) is 14.6. The highest BCUT2D eigenvalue weighted by Gasteiger charge is 2.33. The Kier molecular flexibility index (Phi) is 5.13. The fourth-order valence-electron chi connectivity index (χ4n) is 3.36. The van der Waals surface area contributed by atoms with Crippen LogP contribution in [0.2, 0.25) is 0 Å². The van der Waals surface area contributed by atoms with Crippen LogP contribution in [0.1, 0.15) is 31.9 Å². The van der Waals surface area contributed by atoms with Crippen LogP contribution in [0.5, 0.6) is 0 Å². The molecule has 0 radical (unpaired) electrons. The molecular weight excluding hydrogens is 401 g/mol. The number of nitrogens with zero attached hydrogens (tertiary/aromatic N) is 3. The molecule has 158 valence electrons. The summed E-state index contributed by atoms with van der Waals surface area (Å²) >= 11 is 0. The van der Waals surface area contributed by atoms with Gasteiger partial charge in [-0.25, -0.2) is 9.97 Å². The van der Waals surface area contributed by atoms with E-state index in [0.29, 0.717) is 22.4 Å². The SMILES string of the molecule is CC(C)(C)c1ccc(Nc2ncnc3cc(-c4ccccc4C(F)(F)F)cnc23)cc1. The van der Waals surface area contributed by atoms with Gasteiger partial charge in [-0.15, -0.1) is 0 Å². The molecule has 0 aliphatic carbocycles. The fourth-order valence-corrected chi connectivity index (χ4v) is 3.36. The van der Waals surface area contributed by atoms with Crippen molar-refractivity contribution in [2.24, 2.45) is 0 Å². The van der Waals surface area contributed by atoms with Crippen molar-refractivity contribution in [2.45, 2.75) is 32.4 Å². The average Bonchev–Trinajstić information content (AvgIpc) is 2.73. The summed E-state index contributed by atoms with van der Waals surface area (Å²) in [5.74, 6) is 0.490. The maximum Gasteiger partial charge on any atom is 0.417 e. The van der Waals surface area contributed by atoms with E-state index in [4.69, 9.17) is 0 Å². The molecule has 31 heavy (non-hydrogen) atoms. The predicted octanol–water partition coefficient (Wildman–Crippen LogP) is 6.75. The molecule has 2 heterocycles. The Hall–Kier alpha value is -3.48. The van der Waals surface area contributed by atoms with Crippen LogP contribution in [-0.4, -0.2) is 15.0 Å². The monoisotopic (exact) mass is 422 g/mol. The summed E-state index contributed by atoms with van der Waals surface area (Å²) in [7, 11) is 0. The highest BCUT2D eigenvalue weighted by molar-refractivity contribution is 5.89. The molecule has 4 aromatic rings. The van der Waals surface area contributed by atoms with E-state index in [2.05, 4.69) is 41.0 Å². The molecule has 0 aliphatic rings. The molecule has 0 amide bonds. The first-order valence-electron chi connectivity index (χ1n) is 9.78. The summed E-state index contributed by atoms with van der Waals surface area (Å²) < 4.78 is 40.2.